The largest absolute Gasteiger partial charge is 0.493 e. The van der Waals surface area contributed by atoms with Gasteiger partial charge in [-0.2, -0.15) is 5.10 Å². The molecule has 0 radical (unpaired) electrons. The maximum absolute atomic E-state index is 12.8. The van der Waals surface area contributed by atoms with Gasteiger partial charge in [0, 0.05) is 23.5 Å². The Hall–Kier alpha value is -3.87. The Kier molecular flexibility index (Phi) is 5.10. The van der Waals surface area contributed by atoms with Crippen molar-refractivity contribution in [3.8, 4) is 22.8 Å². The summed E-state index contributed by atoms with van der Waals surface area (Å²) in [4.78, 5) is 17.2. The third-order valence-corrected chi connectivity index (χ3v) is 5.12. The molecule has 0 atom stereocenters. The Morgan fingerprint density at radius 1 is 1.00 bits per heavy atom. The fourth-order valence-electron chi connectivity index (χ4n) is 3.29. The van der Waals surface area contributed by atoms with Crippen LogP contribution in [0.4, 0.5) is 5.69 Å². The number of benzene rings is 2. The van der Waals surface area contributed by atoms with Crippen molar-refractivity contribution in [1.29, 1.82) is 0 Å². The van der Waals surface area contributed by atoms with E-state index in [-0.39, 0.29) is 11.6 Å². The Morgan fingerprint density at radius 3 is 2.57 bits per heavy atom. The first-order chi connectivity index (χ1) is 14.5. The molecule has 0 bridgehead atoms. The molecule has 30 heavy (non-hydrogen) atoms. The molecule has 7 nitrogen and oxygen atoms in total. The van der Waals surface area contributed by atoms with E-state index in [1.807, 2.05) is 56.3 Å². The first kappa shape index (κ1) is 19.4. The lowest BCUT2D eigenvalue weighted by atomic mass is 10.1. The summed E-state index contributed by atoms with van der Waals surface area (Å²) in [6, 6.07) is 14.9. The number of aryl methyl sites for hydroxylation is 1. The molecule has 0 aliphatic rings. The van der Waals surface area contributed by atoms with E-state index in [1.54, 1.807) is 31.0 Å². The minimum atomic E-state index is -0.285. The number of ether oxygens (including phenoxy) is 2. The molecule has 4 aromatic rings. The van der Waals surface area contributed by atoms with Gasteiger partial charge < -0.3 is 14.8 Å². The minimum Gasteiger partial charge on any atom is -0.493 e. The number of amides is 1. The molecule has 1 amide bonds. The van der Waals surface area contributed by atoms with E-state index in [0.717, 1.165) is 28.1 Å². The number of rotatable bonds is 5. The fraction of sp³-hybridized carbons (Fsp3) is 0.174. The van der Waals surface area contributed by atoms with Crippen molar-refractivity contribution in [2.75, 3.05) is 19.5 Å². The Bertz CT molecular complexity index is 1250. The molecule has 1 N–H and O–H groups in total. The number of carbonyl (C=O) groups excluding carboxylic acids is 1. The molecule has 0 aliphatic heterocycles. The van der Waals surface area contributed by atoms with Gasteiger partial charge in [-0.25, -0.2) is 9.50 Å². The van der Waals surface area contributed by atoms with Gasteiger partial charge in [-0.15, -0.1) is 0 Å². The predicted octanol–water partition coefficient (Wildman–Crippen LogP) is 4.28. The highest BCUT2D eigenvalue weighted by atomic mass is 16.5. The zero-order valence-corrected chi connectivity index (χ0v) is 17.3. The zero-order chi connectivity index (χ0) is 21.3. The molecule has 2 aromatic heterocycles. The van der Waals surface area contributed by atoms with E-state index < -0.39 is 0 Å². The summed E-state index contributed by atoms with van der Waals surface area (Å²) >= 11 is 0. The highest BCUT2D eigenvalue weighted by Crippen LogP contribution is 2.32. The molecule has 0 spiro atoms. The second-order valence-corrected chi connectivity index (χ2v) is 6.90. The average molecular weight is 402 g/mol. The van der Waals surface area contributed by atoms with Crippen LogP contribution in [0.1, 0.15) is 21.6 Å². The molecule has 0 fully saturated rings. The van der Waals surface area contributed by atoms with Crippen LogP contribution in [-0.2, 0) is 0 Å². The molecular formula is C23H22N4O3. The molecular weight excluding hydrogens is 380 g/mol. The van der Waals surface area contributed by atoms with Crippen LogP contribution in [-0.4, -0.2) is 34.7 Å². The van der Waals surface area contributed by atoms with Crippen molar-refractivity contribution in [3.63, 3.8) is 0 Å². The molecule has 2 aromatic carbocycles. The first-order valence-electron chi connectivity index (χ1n) is 9.46. The monoisotopic (exact) mass is 402 g/mol. The van der Waals surface area contributed by atoms with Crippen molar-refractivity contribution >= 4 is 17.2 Å². The lowest BCUT2D eigenvalue weighted by molar-refractivity contribution is 0.102. The Morgan fingerprint density at radius 2 is 1.80 bits per heavy atom. The van der Waals surface area contributed by atoms with Crippen LogP contribution >= 0.6 is 0 Å². The second-order valence-electron chi connectivity index (χ2n) is 6.90. The number of anilines is 1. The van der Waals surface area contributed by atoms with Gasteiger partial charge in [-0.1, -0.05) is 12.1 Å². The summed E-state index contributed by atoms with van der Waals surface area (Å²) in [5, 5.41) is 7.45. The summed E-state index contributed by atoms with van der Waals surface area (Å²) in [7, 11) is 3.18. The van der Waals surface area contributed by atoms with E-state index in [0.29, 0.717) is 17.1 Å². The molecule has 0 saturated carbocycles. The second kappa shape index (κ2) is 7.87. The quantitative estimate of drug-likeness (QED) is 0.539. The third-order valence-electron chi connectivity index (χ3n) is 5.12. The molecule has 2 heterocycles. The summed E-state index contributed by atoms with van der Waals surface area (Å²) < 4.78 is 12.4. The van der Waals surface area contributed by atoms with Crippen LogP contribution in [0.15, 0.2) is 54.7 Å². The van der Waals surface area contributed by atoms with Crippen molar-refractivity contribution in [1.82, 2.24) is 14.6 Å². The molecule has 0 unspecified atom stereocenters. The summed E-state index contributed by atoms with van der Waals surface area (Å²) in [5.74, 6) is 0.966. The van der Waals surface area contributed by atoms with Crippen LogP contribution in [0.2, 0.25) is 0 Å². The topological polar surface area (TPSA) is 77.8 Å². The summed E-state index contributed by atoms with van der Waals surface area (Å²) in [5.41, 5.74) is 5.42. The predicted molar refractivity (Wildman–Crippen MR) is 115 cm³/mol. The lowest BCUT2D eigenvalue weighted by Crippen LogP contribution is -2.14. The number of nitrogens with one attached hydrogen (secondary N) is 1. The lowest BCUT2D eigenvalue weighted by Gasteiger charge is -2.10. The average Bonchev–Trinajstić information content (AvgIpc) is 3.21. The Balaban J connectivity index is 1.72. The first-order valence-corrected chi connectivity index (χ1v) is 9.46. The number of nitrogens with zero attached hydrogens (tertiary/aromatic N) is 3. The SMILES string of the molecule is COc1ccc(-c2ccnc3cc(C(=O)Nc4cccc(C)c4C)nn23)cc1OC. The van der Waals surface area contributed by atoms with Crippen molar-refractivity contribution in [3.05, 3.63) is 71.5 Å². The fourth-order valence-corrected chi connectivity index (χ4v) is 3.29. The van der Waals surface area contributed by atoms with E-state index in [4.69, 9.17) is 9.47 Å². The molecule has 0 aliphatic carbocycles. The van der Waals surface area contributed by atoms with Gasteiger partial charge in [-0.05, 0) is 55.3 Å². The molecule has 0 saturated heterocycles. The van der Waals surface area contributed by atoms with Gasteiger partial charge in [0.1, 0.15) is 0 Å². The number of fused-ring (bicyclic) bond motifs is 1. The van der Waals surface area contributed by atoms with Crippen LogP contribution in [0.3, 0.4) is 0 Å². The van der Waals surface area contributed by atoms with E-state index in [2.05, 4.69) is 15.4 Å². The normalized spacial score (nSPS) is 10.8. The van der Waals surface area contributed by atoms with Crippen LogP contribution in [0.5, 0.6) is 11.5 Å². The summed E-state index contributed by atoms with van der Waals surface area (Å²) in [6.45, 7) is 3.99. The third kappa shape index (κ3) is 3.45. The number of aromatic nitrogens is 3. The van der Waals surface area contributed by atoms with Crippen molar-refractivity contribution < 1.29 is 14.3 Å². The maximum Gasteiger partial charge on any atom is 0.276 e. The van der Waals surface area contributed by atoms with Crippen LogP contribution < -0.4 is 14.8 Å². The Labute approximate surface area is 174 Å². The number of hydrogen-bond acceptors (Lipinski definition) is 5. The van der Waals surface area contributed by atoms with Gasteiger partial charge in [0.05, 0.1) is 19.9 Å². The number of hydrogen-bond donors (Lipinski definition) is 1. The van der Waals surface area contributed by atoms with E-state index in [9.17, 15) is 4.79 Å². The molecule has 152 valence electrons. The molecule has 4 rings (SSSR count). The van der Waals surface area contributed by atoms with Gasteiger partial charge in [-0.3, -0.25) is 4.79 Å². The van der Waals surface area contributed by atoms with E-state index in [1.165, 1.54) is 0 Å². The van der Waals surface area contributed by atoms with Gasteiger partial charge >= 0.3 is 0 Å². The number of methoxy groups -OCH3 is 2. The smallest absolute Gasteiger partial charge is 0.276 e. The van der Waals surface area contributed by atoms with Crippen LogP contribution in [0.25, 0.3) is 16.9 Å². The van der Waals surface area contributed by atoms with E-state index >= 15 is 0 Å². The van der Waals surface area contributed by atoms with Crippen molar-refractivity contribution in [2.24, 2.45) is 0 Å². The minimum absolute atomic E-state index is 0.285. The standard InChI is InChI=1S/C23H22N4O3/c1-14-6-5-7-17(15(14)2)25-23(28)18-13-22-24-11-10-19(27(22)26-18)16-8-9-20(29-3)21(12-16)30-4/h5-13H,1-4H3,(H,25,28). The zero-order valence-electron chi connectivity index (χ0n) is 17.3. The maximum atomic E-state index is 12.8. The van der Waals surface area contributed by atoms with Crippen LogP contribution in [0, 0.1) is 13.8 Å². The summed E-state index contributed by atoms with van der Waals surface area (Å²) in [6.07, 6.45) is 1.69. The number of carbonyl (C=O) groups is 1. The highest BCUT2D eigenvalue weighted by Gasteiger charge is 2.16. The van der Waals surface area contributed by atoms with Gasteiger partial charge in [0.15, 0.2) is 22.8 Å². The van der Waals surface area contributed by atoms with Gasteiger partial charge in [0.25, 0.3) is 5.91 Å². The van der Waals surface area contributed by atoms with Gasteiger partial charge in [0.2, 0.25) is 0 Å². The van der Waals surface area contributed by atoms with Crippen molar-refractivity contribution in [2.45, 2.75) is 13.8 Å². The highest BCUT2D eigenvalue weighted by molar-refractivity contribution is 6.04. The molecule has 7 heteroatoms.